The number of esters is 1. The number of nitrogens with one attached hydrogen (secondary N) is 1. The maximum absolute atomic E-state index is 13.2. The number of halogens is 3. The van der Waals surface area contributed by atoms with Gasteiger partial charge in [0.2, 0.25) is 0 Å². The maximum Gasteiger partial charge on any atom is 0.340 e. The van der Waals surface area contributed by atoms with Crippen LogP contribution >= 0.6 is 23.2 Å². The van der Waals surface area contributed by atoms with Gasteiger partial charge in [-0.1, -0.05) is 23.2 Å². The van der Waals surface area contributed by atoms with E-state index in [9.17, 15) is 14.0 Å². The zero-order valence-electron chi connectivity index (χ0n) is 9.71. The molecule has 2 rings (SSSR count). The van der Waals surface area contributed by atoms with Crippen molar-refractivity contribution in [2.45, 2.75) is 18.9 Å². The molecule has 0 aromatic heterocycles. The molecule has 4 nitrogen and oxygen atoms in total. The quantitative estimate of drug-likeness (QED) is 0.687. The minimum absolute atomic E-state index is 0.0287. The Morgan fingerprint density at radius 1 is 1.32 bits per heavy atom. The van der Waals surface area contributed by atoms with E-state index < -0.39 is 18.4 Å². The fourth-order valence-corrected chi connectivity index (χ4v) is 1.85. The lowest BCUT2D eigenvalue weighted by Gasteiger charge is -2.07. The molecule has 0 radical (unpaired) electrons. The van der Waals surface area contributed by atoms with Gasteiger partial charge >= 0.3 is 5.97 Å². The van der Waals surface area contributed by atoms with Gasteiger partial charge in [-0.2, -0.15) is 0 Å². The molecule has 1 aliphatic carbocycles. The zero-order valence-corrected chi connectivity index (χ0v) is 11.2. The van der Waals surface area contributed by atoms with E-state index in [1.807, 2.05) is 0 Å². The zero-order chi connectivity index (χ0) is 14.0. The normalized spacial score (nSPS) is 14.1. The predicted octanol–water partition coefficient (Wildman–Crippen LogP) is 2.57. The third-order valence-corrected chi connectivity index (χ3v) is 3.11. The van der Waals surface area contributed by atoms with Crippen molar-refractivity contribution in [1.29, 1.82) is 0 Å². The van der Waals surface area contributed by atoms with Gasteiger partial charge in [-0.05, 0) is 25.0 Å². The van der Waals surface area contributed by atoms with Crippen molar-refractivity contribution in [3.8, 4) is 0 Å². The Balaban J connectivity index is 1.95. The monoisotopic (exact) mass is 305 g/mol. The first-order chi connectivity index (χ1) is 8.97. The first kappa shape index (κ1) is 14.1. The molecule has 1 N–H and O–H groups in total. The summed E-state index contributed by atoms with van der Waals surface area (Å²) < 4.78 is 18.0. The van der Waals surface area contributed by atoms with Gasteiger partial charge in [0.25, 0.3) is 5.91 Å². The van der Waals surface area contributed by atoms with Gasteiger partial charge in [0.05, 0.1) is 15.6 Å². The molecule has 1 aromatic carbocycles. The second-order valence-corrected chi connectivity index (χ2v) is 4.98. The van der Waals surface area contributed by atoms with Crippen LogP contribution in [0.3, 0.4) is 0 Å². The molecule has 1 aliphatic rings. The average Bonchev–Trinajstić information content (AvgIpc) is 3.14. The smallest absolute Gasteiger partial charge is 0.340 e. The molecule has 1 fully saturated rings. The molecule has 0 bridgehead atoms. The summed E-state index contributed by atoms with van der Waals surface area (Å²) in [4.78, 5) is 23.0. The van der Waals surface area contributed by atoms with Crippen molar-refractivity contribution in [2.75, 3.05) is 6.61 Å². The topological polar surface area (TPSA) is 55.4 Å². The Kier molecular flexibility index (Phi) is 4.27. The van der Waals surface area contributed by atoms with Crippen molar-refractivity contribution in [3.05, 3.63) is 33.6 Å². The standard InChI is InChI=1S/C12H10Cl2FNO3/c13-8-4-9(14)10(15)3-7(8)12(18)19-5-11(17)16-6-1-2-6/h3-4,6H,1-2,5H2,(H,16,17). The van der Waals surface area contributed by atoms with E-state index in [2.05, 4.69) is 5.32 Å². The van der Waals surface area contributed by atoms with Crippen LogP contribution < -0.4 is 5.32 Å². The van der Waals surface area contributed by atoms with Crippen LogP contribution in [0.5, 0.6) is 0 Å². The molecule has 1 amide bonds. The molecule has 0 aliphatic heterocycles. The molecule has 0 saturated heterocycles. The highest BCUT2D eigenvalue weighted by Gasteiger charge is 2.24. The van der Waals surface area contributed by atoms with E-state index >= 15 is 0 Å². The molecular formula is C12H10Cl2FNO3. The molecule has 1 saturated carbocycles. The van der Waals surface area contributed by atoms with Crippen LogP contribution in [-0.4, -0.2) is 24.5 Å². The highest BCUT2D eigenvalue weighted by Crippen LogP contribution is 2.25. The van der Waals surface area contributed by atoms with Crippen molar-refractivity contribution in [2.24, 2.45) is 0 Å². The van der Waals surface area contributed by atoms with Gasteiger partial charge < -0.3 is 10.1 Å². The van der Waals surface area contributed by atoms with Crippen LogP contribution in [0, 0.1) is 5.82 Å². The summed E-state index contributed by atoms with van der Waals surface area (Å²) in [7, 11) is 0. The van der Waals surface area contributed by atoms with Crippen LogP contribution in [0.4, 0.5) is 4.39 Å². The molecular weight excluding hydrogens is 296 g/mol. The molecule has 0 unspecified atom stereocenters. The summed E-state index contributed by atoms with van der Waals surface area (Å²) in [6.07, 6.45) is 1.88. The molecule has 0 spiro atoms. The second-order valence-electron chi connectivity index (χ2n) is 4.16. The SMILES string of the molecule is O=C(COC(=O)c1cc(F)c(Cl)cc1Cl)NC1CC1. The average molecular weight is 306 g/mol. The Hall–Kier alpha value is -1.33. The summed E-state index contributed by atoms with van der Waals surface area (Å²) in [5, 5.41) is 2.44. The van der Waals surface area contributed by atoms with E-state index in [1.165, 1.54) is 0 Å². The van der Waals surface area contributed by atoms with Crippen LogP contribution in [0.1, 0.15) is 23.2 Å². The minimum Gasteiger partial charge on any atom is -0.452 e. The van der Waals surface area contributed by atoms with Crippen molar-refractivity contribution >= 4 is 35.1 Å². The lowest BCUT2D eigenvalue weighted by atomic mass is 10.2. The van der Waals surface area contributed by atoms with Crippen molar-refractivity contribution in [3.63, 3.8) is 0 Å². The van der Waals surface area contributed by atoms with Gasteiger partial charge in [0, 0.05) is 6.04 Å². The van der Waals surface area contributed by atoms with E-state index in [1.54, 1.807) is 0 Å². The third kappa shape index (κ3) is 3.81. The number of ether oxygens (including phenoxy) is 1. The van der Waals surface area contributed by atoms with Crippen LogP contribution in [0.15, 0.2) is 12.1 Å². The van der Waals surface area contributed by atoms with Crippen LogP contribution in [-0.2, 0) is 9.53 Å². The van der Waals surface area contributed by atoms with Gasteiger partial charge in [-0.15, -0.1) is 0 Å². The summed E-state index contributed by atoms with van der Waals surface area (Å²) >= 11 is 11.3. The van der Waals surface area contributed by atoms with Gasteiger partial charge in [0.1, 0.15) is 5.82 Å². The number of carbonyl (C=O) groups is 2. The molecule has 1 aromatic rings. The molecule has 0 atom stereocenters. The largest absolute Gasteiger partial charge is 0.452 e. The highest BCUT2D eigenvalue weighted by molar-refractivity contribution is 6.36. The number of rotatable bonds is 4. The Morgan fingerprint density at radius 3 is 2.63 bits per heavy atom. The van der Waals surface area contributed by atoms with E-state index in [0.29, 0.717) is 0 Å². The number of benzene rings is 1. The minimum atomic E-state index is -0.869. The van der Waals surface area contributed by atoms with Crippen LogP contribution in [0.25, 0.3) is 0 Å². The molecule has 19 heavy (non-hydrogen) atoms. The Bertz CT molecular complexity index is 532. The first-order valence-corrected chi connectivity index (χ1v) is 6.34. The number of amides is 1. The van der Waals surface area contributed by atoms with E-state index in [4.69, 9.17) is 27.9 Å². The summed E-state index contributed by atoms with van der Waals surface area (Å²) in [6, 6.07) is 2.17. The Labute approximate surface area is 118 Å². The lowest BCUT2D eigenvalue weighted by Crippen LogP contribution is -2.30. The number of hydrogen-bond donors (Lipinski definition) is 1. The molecule has 102 valence electrons. The summed E-state index contributed by atoms with van der Waals surface area (Å²) in [5.74, 6) is -2.03. The summed E-state index contributed by atoms with van der Waals surface area (Å²) in [6.45, 7) is -0.421. The van der Waals surface area contributed by atoms with Crippen molar-refractivity contribution < 1.29 is 18.7 Å². The number of hydrogen-bond acceptors (Lipinski definition) is 3. The second kappa shape index (κ2) is 5.75. The molecule has 0 heterocycles. The fourth-order valence-electron chi connectivity index (χ4n) is 1.38. The summed E-state index contributed by atoms with van der Waals surface area (Å²) in [5.41, 5.74) is -0.164. The lowest BCUT2D eigenvalue weighted by molar-refractivity contribution is -0.124. The highest BCUT2D eigenvalue weighted by atomic mass is 35.5. The maximum atomic E-state index is 13.2. The number of carbonyl (C=O) groups excluding carboxylic acids is 2. The Morgan fingerprint density at radius 2 is 2.00 bits per heavy atom. The van der Waals surface area contributed by atoms with Crippen molar-refractivity contribution in [1.82, 2.24) is 5.32 Å². The fraction of sp³-hybridized carbons (Fsp3) is 0.333. The first-order valence-electron chi connectivity index (χ1n) is 5.58. The van der Waals surface area contributed by atoms with E-state index in [-0.39, 0.29) is 27.6 Å². The van der Waals surface area contributed by atoms with E-state index in [0.717, 1.165) is 25.0 Å². The van der Waals surface area contributed by atoms with Crippen LogP contribution in [0.2, 0.25) is 10.0 Å². The predicted molar refractivity (Wildman–Crippen MR) is 67.9 cm³/mol. The van der Waals surface area contributed by atoms with Gasteiger partial charge in [-0.25, -0.2) is 9.18 Å². The van der Waals surface area contributed by atoms with Gasteiger partial charge in [0.15, 0.2) is 6.61 Å². The third-order valence-electron chi connectivity index (χ3n) is 2.51. The molecule has 7 heteroatoms. The van der Waals surface area contributed by atoms with Gasteiger partial charge in [-0.3, -0.25) is 4.79 Å².